The lowest BCUT2D eigenvalue weighted by atomic mass is 10.0. The van der Waals surface area contributed by atoms with Crippen LogP contribution in [0.2, 0.25) is 0 Å². The first-order valence-electron chi connectivity index (χ1n) is 9.97. The molecular formula is C25H20N6. The first kappa shape index (κ1) is 18.7. The fourth-order valence-corrected chi connectivity index (χ4v) is 3.54. The fraction of sp³-hybridized carbons (Fsp3) is 0.0400. The second kappa shape index (κ2) is 8.20. The summed E-state index contributed by atoms with van der Waals surface area (Å²) in [6.07, 6.45) is 11.4. The molecule has 0 aliphatic carbocycles. The molecule has 0 radical (unpaired) electrons. The Labute approximate surface area is 179 Å². The number of hydrogen-bond donors (Lipinski definition) is 2. The van der Waals surface area contributed by atoms with Gasteiger partial charge in [-0.25, -0.2) is 0 Å². The van der Waals surface area contributed by atoms with Crippen molar-refractivity contribution in [2.45, 2.75) is 6.92 Å². The maximum Gasteiger partial charge on any atom is 0.0909 e. The number of H-pyrrole nitrogens is 2. The molecule has 4 aromatic heterocycles. The Balaban J connectivity index is 1.59. The molecule has 6 nitrogen and oxygen atoms in total. The lowest BCUT2D eigenvalue weighted by Gasteiger charge is -2.10. The smallest absolute Gasteiger partial charge is 0.0909 e. The number of rotatable bonds is 5. The topological polar surface area (TPSA) is 83.1 Å². The average Bonchev–Trinajstić information content (AvgIpc) is 3.53. The molecule has 4 heterocycles. The molecule has 2 N–H and O–H groups in total. The highest BCUT2D eigenvalue weighted by molar-refractivity contribution is 5.81. The van der Waals surface area contributed by atoms with Crippen molar-refractivity contribution in [1.82, 2.24) is 30.4 Å². The maximum atomic E-state index is 4.79. The van der Waals surface area contributed by atoms with Gasteiger partial charge in [0.15, 0.2) is 0 Å². The van der Waals surface area contributed by atoms with Crippen molar-refractivity contribution in [3.05, 3.63) is 96.1 Å². The van der Waals surface area contributed by atoms with Gasteiger partial charge in [0, 0.05) is 41.5 Å². The summed E-state index contributed by atoms with van der Waals surface area (Å²) in [5, 5.41) is 14.1. The molecule has 0 aliphatic rings. The van der Waals surface area contributed by atoms with Crippen LogP contribution in [0.4, 0.5) is 0 Å². The van der Waals surface area contributed by atoms with Crippen molar-refractivity contribution >= 4 is 12.2 Å². The molecule has 31 heavy (non-hydrogen) atoms. The largest absolute Gasteiger partial charge is 0.278 e. The molecule has 0 spiro atoms. The highest BCUT2D eigenvalue weighted by atomic mass is 15.1. The molecule has 5 rings (SSSR count). The molecule has 5 aromatic rings. The number of pyridine rings is 2. The van der Waals surface area contributed by atoms with E-state index in [4.69, 9.17) is 4.98 Å². The molecular weight excluding hydrogens is 384 g/mol. The molecule has 6 heteroatoms. The second-order valence-corrected chi connectivity index (χ2v) is 7.24. The van der Waals surface area contributed by atoms with Crippen LogP contribution in [0.15, 0.2) is 79.4 Å². The summed E-state index contributed by atoms with van der Waals surface area (Å²) in [6, 6.07) is 18.3. The Bertz CT molecular complexity index is 1320. The normalized spacial score (nSPS) is 11.3. The third kappa shape index (κ3) is 3.91. The Morgan fingerprint density at radius 3 is 2.13 bits per heavy atom. The van der Waals surface area contributed by atoms with Crippen LogP contribution in [-0.4, -0.2) is 30.4 Å². The summed E-state index contributed by atoms with van der Waals surface area (Å²) in [5.74, 6) is 0. The highest BCUT2D eigenvalue weighted by Gasteiger charge is 2.12. The van der Waals surface area contributed by atoms with E-state index in [0.29, 0.717) is 0 Å². The predicted octanol–water partition coefficient (Wildman–Crippen LogP) is 5.40. The van der Waals surface area contributed by atoms with Crippen molar-refractivity contribution in [2.24, 2.45) is 0 Å². The van der Waals surface area contributed by atoms with E-state index in [-0.39, 0.29) is 0 Å². The molecule has 1 aromatic carbocycles. The van der Waals surface area contributed by atoms with E-state index in [1.807, 2.05) is 49.6 Å². The van der Waals surface area contributed by atoms with E-state index in [2.05, 4.69) is 61.8 Å². The van der Waals surface area contributed by atoms with Crippen molar-refractivity contribution < 1.29 is 0 Å². The van der Waals surface area contributed by atoms with Gasteiger partial charge in [0.2, 0.25) is 0 Å². The first-order valence-corrected chi connectivity index (χ1v) is 9.97. The SMILES string of the molecule is Cc1cc(-c2ncc(-c3ccn[nH]3)cc2/C=C/c2ccccc2)cnc1-c1ccn[nH]1. The summed E-state index contributed by atoms with van der Waals surface area (Å²) < 4.78 is 0. The van der Waals surface area contributed by atoms with Gasteiger partial charge in [-0.2, -0.15) is 10.2 Å². The first-order chi connectivity index (χ1) is 15.3. The Morgan fingerprint density at radius 1 is 0.710 bits per heavy atom. The number of aryl methyl sites for hydroxylation is 1. The van der Waals surface area contributed by atoms with Crippen molar-refractivity contribution in [1.29, 1.82) is 0 Å². The number of nitrogens with one attached hydrogen (secondary N) is 2. The van der Waals surface area contributed by atoms with Crippen molar-refractivity contribution in [3.63, 3.8) is 0 Å². The minimum atomic E-state index is 0.877. The Hall–Kier alpha value is -4.32. The molecule has 150 valence electrons. The van der Waals surface area contributed by atoms with Crippen LogP contribution in [0.3, 0.4) is 0 Å². The number of nitrogens with zero attached hydrogens (tertiary/aromatic N) is 4. The monoisotopic (exact) mass is 404 g/mol. The van der Waals surface area contributed by atoms with Crippen molar-refractivity contribution in [3.8, 4) is 33.9 Å². The zero-order chi connectivity index (χ0) is 21.0. The van der Waals surface area contributed by atoms with Gasteiger partial charge in [0.25, 0.3) is 0 Å². The van der Waals surface area contributed by atoms with E-state index in [0.717, 1.165) is 50.6 Å². The van der Waals surface area contributed by atoms with Crippen LogP contribution in [0.25, 0.3) is 46.1 Å². The van der Waals surface area contributed by atoms with E-state index in [1.165, 1.54) is 0 Å². The molecule has 0 bridgehead atoms. The van der Waals surface area contributed by atoms with Gasteiger partial charge in [-0.1, -0.05) is 42.5 Å². The van der Waals surface area contributed by atoms with Gasteiger partial charge >= 0.3 is 0 Å². The average molecular weight is 404 g/mol. The van der Waals surface area contributed by atoms with Gasteiger partial charge in [-0.15, -0.1) is 0 Å². The number of benzene rings is 1. The third-order valence-electron chi connectivity index (χ3n) is 5.09. The van der Waals surface area contributed by atoms with Crippen LogP contribution in [0.5, 0.6) is 0 Å². The maximum absolute atomic E-state index is 4.79. The van der Waals surface area contributed by atoms with Crippen LogP contribution >= 0.6 is 0 Å². The van der Waals surface area contributed by atoms with Crippen LogP contribution in [0.1, 0.15) is 16.7 Å². The number of aromatic amines is 2. The van der Waals surface area contributed by atoms with Gasteiger partial charge < -0.3 is 0 Å². The molecule has 0 saturated heterocycles. The summed E-state index contributed by atoms with van der Waals surface area (Å²) in [7, 11) is 0. The van der Waals surface area contributed by atoms with E-state index in [9.17, 15) is 0 Å². The minimum Gasteiger partial charge on any atom is -0.278 e. The van der Waals surface area contributed by atoms with Crippen LogP contribution in [0, 0.1) is 6.92 Å². The van der Waals surface area contributed by atoms with Gasteiger partial charge in [-0.05, 0) is 42.3 Å². The van der Waals surface area contributed by atoms with Crippen molar-refractivity contribution in [2.75, 3.05) is 0 Å². The van der Waals surface area contributed by atoms with Gasteiger partial charge in [-0.3, -0.25) is 20.2 Å². The Morgan fingerprint density at radius 2 is 1.42 bits per heavy atom. The van der Waals surface area contributed by atoms with Gasteiger partial charge in [0.05, 0.1) is 22.8 Å². The zero-order valence-electron chi connectivity index (χ0n) is 16.9. The summed E-state index contributed by atoms with van der Waals surface area (Å²) >= 11 is 0. The minimum absolute atomic E-state index is 0.877. The summed E-state index contributed by atoms with van der Waals surface area (Å²) in [5.41, 5.74) is 8.72. The number of aromatic nitrogens is 6. The second-order valence-electron chi connectivity index (χ2n) is 7.24. The molecule has 0 amide bonds. The van der Waals surface area contributed by atoms with Crippen LogP contribution in [-0.2, 0) is 0 Å². The lowest BCUT2D eigenvalue weighted by molar-refractivity contribution is 1.08. The predicted molar refractivity (Wildman–Crippen MR) is 123 cm³/mol. The van der Waals surface area contributed by atoms with E-state index in [1.54, 1.807) is 12.4 Å². The quantitative estimate of drug-likeness (QED) is 0.411. The standard InChI is InChI=1S/C25H20N6/c1-17-13-21(16-26-24(17)23-10-12-29-31-23)25-19(8-7-18-5-3-2-4-6-18)14-20(15-27-25)22-9-11-28-30-22/h2-16H,1H3,(H,28,30)(H,29,31)/b8-7+. The molecule has 0 fully saturated rings. The molecule has 0 atom stereocenters. The molecule has 0 aliphatic heterocycles. The van der Waals surface area contributed by atoms with E-state index >= 15 is 0 Å². The third-order valence-corrected chi connectivity index (χ3v) is 5.09. The fourth-order valence-electron chi connectivity index (χ4n) is 3.54. The van der Waals surface area contributed by atoms with E-state index < -0.39 is 0 Å². The highest BCUT2D eigenvalue weighted by Crippen LogP contribution is 2.29. The number of hydrogen-bond acceptors (Lipinski definition) is 4. The lowest BCUT2D eigenvalue weighted by Crippen LogP contribution is -1.95. The summed E-state index contributed by atoms with van der Waals surface area (Å²) in [6.45, 7) is 2.05. The van der Waals surface area contributed by atoms with Crippen LogP contribution < -0.4 is 0 Å². The molecule has 0 saturated carbocycles. The van der Waals surface area contributed by atoms with Gasteiger partial charge in [0.1, 0.15) is 0 Å². The Kier molecular flexibility index (Phi) is 4.94. The zero-order valence-corrected chi connectivity index (χ0v) is 16.9. The summed E-state index contributed by atoms with van der Waals surface area (Å²) in [4.78, 5) is 9.47. The molecule has 0 unspecified atom stereocenters.